The number of carbonyl (C=O) groups is 1. The Morgan fingerprint density at radius 3 is 2.34 bits per heavy atom. The zero-order chi connectivity index (χ0) is 25.6. The molecule has 1 unspecified atom stereocenters. The Labute approximate surface area is 209 Å². The van der Waals surface area contributed by atoms with Crippen molar-refractivity contribution in [2.75, 3.05) is 10.0 Å². The summed E-state index contributed by atoms with van der Waals surface area (Å²) in [7, 11) is -3.90. The third kappa shape index (κ3) is 7.00. The van der Waals surface area contributed by atoms with Gasteiger partial charge in [-0.2, -0.15) is 5.26 Å². The standard InChI is InChI=1S/C24H26N6O3S2/c1-5-6-19-8-7-18(14-25)23(29-19)34-17(4)22(31)28-20-9-11-21(12-10-20)35(32,33)30-24-26-15(2)13-16(3)27-24/h7-13,17H,5-6H2,1-4H3,(H,28,31)(H,26,27,30). The molecule has 3 rings (SSSR count). The van der Waals surface area contributed by atoms with E-state index < -0.39 is 15.3 Å². The summed E-state index contributed by atoms with van der Waals surface area (Å²) in [6, 6.07) is 13.2. The summed E-state index contributed by atoms with van der Waals surface area (Å²) in [5.74, 6) is -0.293. The Kier molecular flexibility index (Phi) is 8.43. The van der Waals surface area contributed by atoms with Gasteiger partial charge in [-0.3, -0.25) is 4.79 Å². The third-order valence-electron chi connectivity index (χ3n) is 4.84. The molecule has 35 heavy (non-hydrogen) atoms. The molecule has 0 aliphatic rings. The lowest BCUT2D eigenvalue weighted by atomic mass is 10.2. The van der Waals surface area contributed by atoms with Gasteiger partial charge in [0.05, 0.1) is 15.7 Å². The first kappa shape index (κ1) is 26.1. The van der Waals surface area contributed by atoms with E-state index >= 15 is 0 Å². The highest BCUT2D eigenvalue weighted by Crippen LogP contribution is 2.26. The fourth-order valence-electron chi connectivity index (χ4n) is 3.18. The van der Waals surface area contributed by atoms with Gasteiger partial charge in [0.1, 0.15) is 11.1 Å². The number of carbonyl (C=O) groups excluding carboxylic acids is 1. The molecule has 0 spiro atoms. The summed E-state index contributed by atoms with van der Waals surface area (Å²) in [5.41, 5.74) is 3.03. The van der Waals surface area contributed by atoms with E-state index in [9.17, 15) is 18.5 Å². The van der Waals surface area contributed by atoms with Crippen molar-refractivity contribution in [1.82, 2.24) is 15.0 Å². The van der Waals surface area contributed by atoms with E-state index in [1.165, 1.54) is 36.0 Å². The van der Waals surface area contributed by atoms with E-state index in [0.717, 1.165) is 18.5 Å². The Morgan fingerprint density at radius 1 is 1.09 bits per heavy atom. The van der Waals surface area contributed by atoms with Crippen LogP contribution in [0.3, 0.4) is 0 Å². The second-order valence-corrected chi connectivity index (χ2v) is 10.9. The Bertz CT molecular complexity index is 1350. The summed E-state index contributed by atoms with van der Waals surface area (Å²) in [6.07, 6.45) is 1.72. The van der Waals surface area contributed by atoms with Gasteiger partial charge in [0, 0.05) is 22.8 Å². The number of nitriles is 1. The van der Waals surface area contributed by atoms with E-state index in [0.29, 0.717) is 27.7 Å². The summed E-state index contributed by atoms with van der Waals surface area (Å²) < 4.78 is 27.7. The van der Waals surface area contributed by atoms with Gasteiger partial charge in [0.25, 0.3) is 10.0 Å². The van der Waals surface area contributed by atoms with E-state index in [1.807, 2.05) is 13.0 Å². The van der Waals surface area contributed by atoms with Crippen LogP contribution in [0.15, 0.2) is 52.4 Å². The van der Waals surface area contributed by atoms with Crippen LogP contribution in [0.25, 0.3) is 0 Å². The van der Waals surface area contributed by atoms with Gasteiger partial charge in [-0.15, -0.1) is 0 Å². The second kappa shape index (κ2) is 11.3. The topological polar surface area (TPSA) is 138 Å². The van der Waals surface area contributed by atoms with Crippen LogP contribution in [0.5, 0.6) is 0 Å². The van der Waals surface area contributed by atoms with Crippen molar-refractivity contribution in [3.8, 4) is 6.07 Å². The van der Waals surface area contributed by atoms with Gasteiger partial charge in [-0.05, 0) is 69.7 Å². The van der Waals surface area contributed by atoms with Gasteiger partial charge in [-0.25, -0.2) is 28.1 Å². The Morgan fingerprint density at radius 2 is 1.74 bits per heavy atom. The molecule has 182 valence electrons. The molecule has 3 aromatic rings. The molecular weight excluding hydrogens is 484 g/mol. The van der Waals surface area contributed by atoms with Crippen molar-refractivity contribution in [1.29, 1.82) is 5.26 Å². The van der Waals surface area contributed by atoms with E-state index in [4.69, 9.17) is 0 Å². The molecule has 2 N–H and O–H groups in total. The predicted octanol–water partition coefficient (Wildman–Crippen LogP) is 4.23. The number of anilines is 2. The molecule has 0 fully saturated rings. The van der Waals surface area contributed by atoms with E-state index in [1.54, 1.807) is 32.9 Å². The van der Waals surface area contributed by atoms with Crippen LogP contribution in [0.2, 0.25) is 0 Å². The molecule has 0 aliphatic carbocycles. The molecule has 9 nitrogen and oxygen atoms in total. The van der Waals surface area contributed by atoms with Crippen LogP contribution < -0.4 is 10.0 Å². The van der Waals surface area contributed by atoms with Crippen LogP contribution in [0, 0.1) is 25.2 Å². The summed E-state index contributed by atoms with van der Waals surface area (Å²) in [4.78, 5) is 25.5. The summed E-state index contributed by atoms with van der Waals surface area (Å²) in [5, 5.41) is 12.1. The smallest absolute Gasteiger partial charge is 0.264 e. The molecule has 1 aromatic carbocycles. The predicted molar refractivity (Wildman–Crippen MR) is 136 cm³/mol. The monoisotopic (exact) mass is 510 g/mol. The van der Waals surface area contributed by atoms with Crippen LogP contribution in [-0.4, -0.2) is 34.5 Å². The van der Waals surface area contributed by atoms with Crippen LogP contribution >= 0.6 is 11.8 Å². The van der Waals surface area contributed by atoms with Crippen molar-refractivity contribution in [2.24, 2.45) is 0 Å². The molecular formula is C24H26N6O3S2. The van der Waals surface area contributed by atoms with Gasteiger partial charge < -0.3 is 5.32 Å². The molecule has 0 saturated carbocycles. The number of hydrogen-bond acceptors (Lipinski definition) is 8. The van der Waals surface area contributed by atoms with E-state index in [-0.39, 0.29) is 16.8 Å². The van der Waals surface area contributed by atoms with E-state index in [2.05, 4.69) is 31.1 Å². The zero-order valence-corrected chi connectivity index (χ0v) is 21.5. The largest absolute Gasteiger partial charge is 0.325 e. The molecule has 0 saturated heterocycles. The number of rotatable bonds is 9. The Balaban J connectivity index is 1.67. The minimum Gasteiger partial charge on any atom is -0.325 e. The quantitative estimate of drug-likeness (QED) is 0.408. The van der Waals surface area contributed by atoms with Crippen LogP contribution in [-0.2, 0) is 21.2 Å². The van der Waals surface area contributed by atoms with Gasteiger partial charge in [0.2, 0.25) is 11.9 Å². The highest BCUT2D eigenvalue weighted by Gasteiger charge is 2.20. The average Bonchev–Trinajstić information content (AvgIpc) is 2.79. The second-order valence-electron chi connectivity index (χ2n) is 7.87. The number of aryl methyl sites for hydroxylation is 3. The molecule has 1 amide bonds. The van der Waals surface area contributed by atoms with Crippen molar-refractivity contribution in [3.63, 3.8) is 0 Å². The van der Waals surface area contributed by atoms with Gasteiger partial charge in [0.15, 0.2) is 0 Å². The number of benzene rings is 1. The number of hydrogen-bond donors (Lipinski definition) is 2. The first-order valence-electron chi connectivity index (χ1n) is 10.9. The van der Waals surface area contributed by atoms with Crippen molar-refractivity contribution in [3.05, 3.63) is 65.1 Å². The maximum atomic E-state index is 12.7. The average molecular weight is 511 g/mol. The number of thioether (sulfide) groups is 1. The van der Waals surface area contributed by atoms with Gasteiger partial charge >= 0.3 is 0 Å². The lowest BCUT2D eigenvalue weighted by Gasteiger charge is -2.13. The Hall–Kier alpha value is -3.49. The van der Waals surface area contributed by atoms with Crippen LogP contribution in [0.1, 0.15) is 42.9 Å². The maximum absolute atomic E-state index is 12.7. The lowest BCUT2D eigenvalue weighted by molar-refractivity contribution is -0.115. The maximum Gasteiger partial charge on any atom is 0.264 e. The molecule has 11 heteroatoms. The minimum atomic E-state index is -3.90. The zero-order valence-electron chi connectivity index (χ0n) is 19.9. The number of pyridine rings is 1. The molecule has 1 atom stereocenters. The molecule has 2 aromatic heterocycles. The molecule has 0 bridgehead atoms. The summed E-state index contributed by atoms with van der Waals surface area (Å²) >= 11 is 1.21. The number of aromatic nitrogens is 3. The highest BCUT2D eigenvalue weighted by molar-refractivity contribution is 8.00. The molecule has 2 heterocycles. The van der Waals surface area contributed by atoms with Crippen molar-refractivity contribution < 1.29 is 13.2 Å². The first-order chi connectivity index (χ1) is 16.6. The summed E-state index contributed by atoms with van der Waals surface area (Å²) in [6.45, 7) is 7.28. The van der Waals surface area contributed by atoms with Gasteiger partial charge in [-0.1, -0.05) is 25.1 Å². The normalized spacial score (nSPS) is 12.0. The number of sulfonamides is 1. The third-order valence-corrected chi connectivity index (χ3v) is 7.29. The lowest BCUT2D eigenvalue weighted by Crippen LogP contribution is -2.23. The number of amides is 1. The number of nitrogens with zero attached hydrogens (tertiary/aromatic N) is 4. The number of nitrogens with one attached hydrogen (secondary N) is 2. The van der Waals surface area contributed by atoms with Crippen molar-refractivity contribution in [2.45, 2.75) is 55.7 Å². The SMILES string of the molecule is CCCc1ccc(C#N)c(SC(C)C(=O)Nc2ccc(S(=O)(=O)Nc3nc(C)cc(C)n3)cc2)n1. The highest BCUT2D eigenvalue weighted by atomic mass is 32.2. The molecule has 0 aliphatic heterocycles. The fraction of sp³-hybridized carbons (Fsp3) is 0.292. The van der Waals surface area contributed by atoms with Crippen molar-refractivity contribution >= 4 is 39.3 Å². The fourth-order valence-corrected chi connectivity index (χ4v) is 5.04. The molecule has 0 radical (unpaired) electrons. The van der Waals surface area contributed by atoms with Crippen LogP contribution in [0.4, 0.5) is 11.6 Å². The first-order valence-corrected chi connectivity index (χ1v) is 13.3. The minimum absolute atomic E-state index is 0.000849.